The van der Waals surface area contributed by atoms with Crippen LogP contribution in [0.1, 0.15) is 11.5 Å². The van der Waals surface area contributed by atoms with Gasteiger partial charge in [0.15, 0.2) is 5.41 Å². The summed E-state index contributed by atoms with van der Waals surface area (Å²) < 4.78 is 5.17. The lowest BCUT2D eigenvalue weighted by Crippen LogP contribution is -2.47. The minimum atomic E-state index is -1.57. The number of likely N-dealkylation sites (N-methyl/N-ethyl adjacent to an activating group) is 1. The van der Waals surface area contributed by atoms with E-state index in [0.717, 1.165) is 11.1 Å². The van der Waals surface area contributed by atoms with E-state index >= 15 is 0 Å². The van der Waals surface area contributed by atoms with Crippen molar-refractivity contribution < 1.29 is 4.42 Å². The average Bonchev–Trinajstić information content (AvgIpc) is 3.08. The normalized spacial score (nSPS) is 26.4. The van der Waals surface area contributed by atoms with Crippen molar-refractivity contribution in [1.29, 1.82) is 15.8 Å². The molecule has 23 heavy (non-hydrogen) atoms. The molecule has 3 rings (SSSR count). The summed E-state index contributed by atoms with van der Waals surface area (Å²) in [6.07, 6.45) is 5.03. The third kappa shape index (κ3) is 1.95. The van der Waals surface area contributed by atoms with Crippen LogP contribution < -0.4 is 5.73 Å². The number of nitrogens with two attached hydrogens (primary N) is 1. The van der Waals surface area contributed by atoms with Crippen LogP contribution in [0.25, 0.3) is 0 Å². The Labute approximate surface area is 134 Å². The Bertz CT molecular complexity index is 799. The molecule has 0 radical (unpaired) electrons. The van der Waals surface area contributed by atoms with Gasteiger partial charge < -0.3 is 15.1 Å². The minimum Gasteiger partial charge on any atom is -0.472 e. The number of fused-ring (bicyclic) bond motifs is 1. The number of hydrogen-bond acceptors (Lipinski definition) is 6. The zero-order valence-corrected chi connectivity index (χ0v) is 12.7. The van der Waals surface area contributed by atoms with E-state index in [2.05, 4.69) is 23.1 Å². The van der Waals surface area contributed by atoms with Crippen LogP contribution in [-0.2, 0) is 0 Å². The van der Waals surface area contributed by atoms with Crippen LogP contribution >= 0.6 is 0 Å². The second-order valence-corrected chi connectivity index (χ2v) is 5.95. The minimum absolute atomic E-state index is 0.0447. The van der Waals surface area contributed by atoms with Crippen LogP contribution in [0.2, 0.25) is 0 Å². The number of nitrogens with zero attached hydrogens (tertiary/aromatic N) is 4. The van der Waals surface area contributed by atoms with E-state index in [1.807, 2.05) is 13.1 Å². The van der Waals surface area contributed by atoms with Gasteiger partial charge in [0.05, 0.1) is 35.9 Å². The third-order valence-electron chi connectivity index (χ3n) is 4.75. The fraction of sp³-hybridized carbons (Fsp3) is 0.353. The van der Waals surface area contributed by atoms with Gasteiger partial charge in [0, 0.05) is 24.9 Å². The van der Waals surface area contributed by atoms with Crippen LogP contribution in [0, 0.1) is 45.3 Å². The zero-order chi connectivity index (χ0) is 16.6. The Morgan fingerprint density at radius 1 is 1.35 bits per heavy atom. The van der Waals surface area contributed by atoms with Gasteiger partial charge in [-0.2, -0.15) is 15.8 Å². The Morgan fingerprint density at radius 3 is 2.65 bits per heavy atom. The highest BCUT2D eigenvalue weighted by molar-refractivity contribution is 5.59. The van der Waals surface area contributed by atoms with E-state index < -0.39 is 11.3 Å². The molecule has 2 heterocycles. The Hall–Kier alpha value is -3.01. The number of hydrogen-bond donors (Lipinski definition) is 1. The van der Waals surface area contributed by atoms with E-state index in [1.165, 1.54) is 6.26 Å². The van der Waals surface area contributed by atoms with E-state index in [-0.39, 0.29) is 17.2 Å². The average molecular weight is 305 g/mol. The molecule has 0 unspecified atom stereocenters. The quantitative estimate of drug-likeness (QED) is 0.843. The summed E-state index contributed by atoms with van der Waals surface area (Å²) in [6, 6.07) is 8.02. The lowest BCUT2D eigenvalue weighted by molar-refractivity contribution is 0.237. The molecule has 2 N–H and O–H groups in total. The predicted octanol–water partition coefficient (Wildman–Crippen LogP) is 1.63. The van der Waals surface area contributed by atoms with Crippen molar-refractivity contribution in [2.45, 2.75) is 5.92 Å². The van der Waals surface area contributed by atoms with Crippen molar-refractivity contribution in [1.82, 2.24) is 4.90 Å². The van der Waals surface area contributed by atoms with E-state index in [9.17, 15) is 15.8 Å². The van der Waals surface area contributed by atoms with Crippen molar-refractivity contribution in [2.24, 2.45) is 17.1 Å². The van der Waals surface area contributed by atoms with Gasteiger partial charge >= 0.3 is 0 Å². The molecule has 0 saturated carbocycles. The number of allylic oxidation sites excluding steroid dienone is 2. The molecule has 2 aliphatic rings. The first-order valence-corrected chi connectivity index (χ1v) is 7.23. The predicted molar refractivity (Wildman–Crippen MR) is 81.0 cm³/mol. The van der Waals surface area contributed by atoms with Gasteiger partial charge in [0.2, 0.25) is 0 Å². The molecule has 0 aromatic carbocycles. The van der Waals surface area contributed by atoms with Gasteiger partial charge in [0.1, 0.15) is 6.07 Å². The molecule has 0 fully saturated rings. The molecule has 0 bridgehead atoms. The maximum absolute atomic E-state index is 9.79. The van der Waals surface area contributed by atoms with E-state index in [1.54, 1.807) is 12.3 Å². The first-order valence-electron chi connectivity index (χ1n) is 7.23. The monoisotopic (exact) mass is 305 g/mol. The zero-order valence-electron chi connectivity index (χ0n) is 12.7. The molecule has 6 heteroatoms. The Kier molecular flexibility index (Phi) is 3.45. The molecule has 0 spiro atoms. The number of rotatable bonds is 1. The van der Waals surface area contributed by atoms with Gasteiger partial charge in [-0.25, -0.2) is 0 Å². The maximum atomic E-state index is 9.79. The highest BCUT2D eigenvalue weighted by Gasteiger charge is 2.54. The molecule has 1 aliphatic carbocycles. The SMILES string of the molecule is CN1CC=C2C(C#N)=C(N)C(C#N)(C#N)[C@H](c3ccoc3)[C@H]2C1. The van der Waals surface area contributed by atoms with E-state index in [4.69, 9.17) is 10.2 Å². The van der Waals surface area contributed by atoms with Gasteiger partial charge in [-0.15, -0.1) is 0 Å². The second kappa shape index (κ2) is 5.32. The summed E-state index contributed by atoms with van der Waals surface area (Å²) >= 11 is 0. The molecule has 0 saturated heterocycles. The lowest BCUT2D eigenvalue weighted by Gasteiger charge is -2.44. The summed E-state index contributed by atoms with van der Waals surface area (Å²) in [6.45, 7) is 1.35. The van der Waals surface area contributed by atoms with Crippen LogP contribution in [0.4, 0.5) is 0 Å². The van der Waals surface area contributed by atoms with E-state index in [0.29, 0.717) is 13.1 Å². The Morgan fingerprint density at radius 2 is 2.09 bits per heavy atom. The molecule has 6 nitrogen and oxygen atoms in total. The second-order valence-electron chi connectivity index (χ2n) is 5.95. The molecular formula is C17H15N5O. The topological polar surface area (TPSA) is 114 Å². The summed E-state index contributed by atoms with van der Waals surface area (Å²) in [5.74, 6) is -0.630. The van der Waals surface area contributed by atoms with Gasteiger partial charge in [-0.1, -0.05) is 6.08 Å². The van der Waals surface area contributed by atoms with Crippen LogP contribution in [0.15, 0.2) is 45.9 Å². The molecule has 1 aromatic heterocycles. The van der Waals surface area contributed by atoms with Crippen molar-refractivity contribution >= 4 is 0 Å². The Balaban J connectivity index is 2.33. The van der Waals surface area contributed by atoms with Crippen LogP contribution in [0.5, 0.6) is 0 Å². The number of furan rings is 1. The molecule has 1 aliphatic heterocycles. The van der Waals surface area contributed by atoms with Crippen LogP contribution in [-0.4, -0.2) is 25.0 Å². The molecular weight excluding hydrogens is 290 g/mol. The molecule has 2 atom stereocenters. The summed E-state index contributed by atoms with van der Waals surface area (Å²) in [5.41, 5.74) is 6.47. The molecule has 114 valence electrons. The highest BCUT2D eigenvalue weighted by Crippen LogP contribution is 2.53. The van der Waals surface area contributed by atoms with Gasteiger partial charge in [-0.05, 0) is 24.3 Å². The van der Waals surface area contributed by atoms with Gasteiger partial charge in [-0.3, -0.25) is 0 Å². The lowest BCUT2D eigenvalue weighted by atomic mass is 9.58. The first kappa shape index (κ1) is 14.9. The summed E-state index contributed by atoms with van der Waals surface area (Å²) in [4.78, 5) is 2.09. The van der Waals surface area contributed by atoms with Gasteiger partial charge in [0.25, 0.3) is 0 Å². The first-order chi connectivity index (χ1) is 11.1. The highest BCUT2D eigenvalue weighted by atomic mass is 16.3. The summed E-state index contributed by atoms with van der Waals surface area (Å²) in [7, 11) is 1.97. The third-order valence-corrected chi connectivity index (χ3v) is 4.75. The molecule has 0 amide bonds. The van der Waals surface area contributed by atoms with Crippen molar-refractivity contribution in [2.75, 3.05) is 20.1 Å². The fourth-order valence-electron chi connectivity index (χ4n) is 3.65. The largest absolute Gasteiger partial charge is 0.472 e. The van der Waals surface area contributed by atoms with Crippen molar-refractivity contribution in [3.8, 4) is 18.2 Å². The van der Waals surface area contributed by atoms with Crippen molar-refractivity contribution in [3.05, 3.63) is 47.1 Å². The maximum Gasteiger partial charge on any atom is 0.191 e. The summed E-state index contributed by atoms with van der Waals surface area (Å²) in [5, 5.41) is 29.1. The number of nitriles is 3. The standard InChI is InChI=1S/C17H15N5O/c1-22-4-2-12-13(6-18)16(21)17(9-19,10-20)15(14(12)7-22)11-3-5-23-8-11/h2-3,5,8,14-15H,4,7,21H2,1H3/t14-,15+/m0/s1. The molecule has 1 aromatic rings. The van der Waals surface area contributed by atoms with Crippen LogP contribution in [0.3, 0.4) is 0 Å². The smallest absolute Gasteiger partial charge is 0.191 e. The fourth-order valence-corrected chi connectivity index (χ4v) is 3.65. The van der Waals surface area contributed by atoms with Crippen molar-refractivity contribution in [3.63, 3.8) is 0 Å².